The van der Waals surface area contributed by atoms with Crippen molar-refractivity contribution in [1.29, 1.82) is 0 Å². The van der Waals surface area contributed by atoms with Crippen LogP contribution in [0.4, 0.5) is 21.6 Å². The average Bonchev–Trinajstić information content (AvgIpc) is 3.30. The Morgan fingerprint density at radius 1 is 1.16 bits per heavy atom. The van der Waals surface area contributed by atoms with E-state index in [2.05, 4.69) is 15.6 Å². The van der Waals surface area contributed by atoms with E-state index in [1.54, 1.807) is 18.3 Å². The molecule has 1 aromatic heterocycles. The normalized spacial score (nSPS) is 16.2. The van der Waals surface area contributed by atoms with Gasteiger partial charge in [0.25, 0.3) is 0 Å². The molecule has 0 saturated heterocycles. The molecule has 0 spiro atoms. The number of anilines is 3. The molecule has 0 bridgehead atoms. The van der Waals surface area contributed by atoms with E-state index in [9.17, 15) is 14.3 Å². The summed E-state index contributed by atoms with van der Waals surface area (Å²) in [6, 6.07) is 18.7. The Labute approximate surface area is 180 Å². The van der Waals surface area contributed by atoms with Crippen molar-refractivity contribution in [3.8, 4) is 0 Å². The van der Waals surface area contributed by atoms with Gasteiger partial charge in [0.2, 0.25) is 5.91 Å². The number of halogens is 1. The summed E-state index contributed by atoms with van der Waals surface area (Å²) in [5, 5.41) is 15.8. The lowest BCUT2D eigenvalue weighted by molar-refractivity contribution is -0.124. The van der Waals surface area contributed by atoms with Gasteiger partial charge in [-0.25, -0.2) is 9.37 Å². The highest BCUT2D eigenvalue weighted by Crippen LogP contribution is 2.25. The quantitative estimate of drug-likeness (QED) is 0.545. The smallest absolute Gasteiger partial charge is 0.229 e. The summed E-state index contributed by atoms with van der Waals surface area (Å²) < 4.78 is 13.1. The second-order valence-corrected chi connectivity index (χ2v) is 7.29. The van der Waals surface area contributed by atoms with Crippen molar-refractivity contribution in [1.82, 2.24) is 10.3 Å². The van der Waals surface area contributed by atoms with E-state index < -0.39 is 6.04 Å². The van der Waals surface area contributed by atoms with Crippen LogP contribution in [-0.2, 0) is 4.79 Å². The first-order valence-electron chi connectivity index (χ1n) is 10.0. The third kappa shape index (κ3) is 5.07. The van der Waals surface area contributed by atoms with E-state index in [0.717, 1.165) is 16.9 Å². The third-order valence-electron chi connectivity index (χ3n) is 5.12. The monoisotopic (exact) mass is 418 g/mol. The molecule has 2 heterocycles. The van der Waals surface area contributed by atoms with Crippen LogP contribution >= 0.6 is 0 Å². The van der Waals surface area contributed by atoms with Gasteiger partial charge in [0, 0.05) is 36.4 Å². The Kier molecular flexibility index (Phi) is 6.24. The fourth-order valence-corrected chi connectivity index (χ4v) is 3.45. The van der Waals surface area contributed by atoms with Gasteiger partial charge in [0.1, 0.15) is 11.6 Å². The molecule has 0 saturated carbocycles. The van der Waals surface area contributed by atoms with Crippen LogP contribution in [0.2, 0.25) is 0 Å². The summed E-state index contributed by atoms with van der Waals surface area (Å²) in [7, 11) is 0. The molecule has 0 radical (unpaired) electrons. The van der Waals surface area contributed by atoms with Gasteiger partial charge < -0.3 is 20.6 Å². The minimum absolute atomic E-state index is 0.139. The number of carbonyl (C=O) groups excluding carboxylic acids is 1. The first kappa shape index (κ1) is 20.6. The van der Waals surface area contributed by atoms with E-state index in [-0.39, 0.29) is 24.2 Å². The molecule has 1 amide bonds. The van der Waals surface area contributed by atoms with Crippen molar-refractivity contribution in [3.05, 3.63) is 96.6 Å². The maximum Gasteiger partial charge on any atom is 0.229 e. The highest BCUT2D eigenvalue weighted by atomic mass is 19.1. The summed E-state index contributed by atoms with van der Waals surface area (Å²) >= 11 is 0. The van der Waals surface area contributed by atoms with Gasteiger partial charge in [-0.2, -0.15) is 0 Å². The predicted molar refractivity (Wildman–Crippen MR) is 118 cm³/mol. The number of aliphatic hydroxyl groups excluding tert-OH is 1. The molecular weight excluding hydrogens is 395 g/mol. The van der Waals surface area contributed by atoms with Crippen LogP contribution in [0, 0.1) is 11.7 Å². The van der Waals surface area contributed by atoms with Gasteiger partial charge in [0.15, 0.2) is 0 Å². The van der Waals surface area contributed by atoms with Crippen molar-refractivity contribution >= 4 is 23.1 Å². The maximum atomic E-state index is 13.1. The van der Waals surface area contributed by atoms with Crippen LogP contribution in [0.5, 0.6) is 0 Å². The van der Waals surface area contributed by atoms with Crippen molar-refractivity contribution in [2.75, 3.05) is 23.4 Å². The number of hydrogen-bond acceptors (Lipinski definition) is 5. The zero-order valence-corrected chi connectivity index (χ0v) is 16.8. The van der Waals surface area contributed by atoms with Crippen molar-refractivity contribution < 1.29 is 14.3 Å². The van der Waals surface area contributed by atoms with Gasteiger partial charge >= 0.3 is 0 Å². The molecule has 31 heavy (non-hydrogen) atoms. The number of pyridine rings is 1. The molecule has 3 N–H and O–H groups in total. The average molecular weight is 418 g/mol. The second kappa shape index (κ2) is 9.40. The number of hydrogen-bond donors (Lipinski definition) is 3. The van der Waals surface area contributed by atoms with Crippen molar-refractivity contribution in [2.24, 2.45) is 5.92 Å². The fraction of sp³-hybridized carbons (Fsp3) is 0.167. The molecule has 4 rings (SSSR count). The molecule has 0 aliphatic carbocycles. The lowest BCUT2D eigenvalue weighted by atomic mass is 10.1. The van der Waals surface area contributed by atoms with Crippen LogP contribution in [0.15, 0.2) is 85.2 Å². The van der Waals surface area contributed by atoms with Crippen LogP contribution in [0.3, 0.4) is 0 Å². The Hall–Kier alpha value is -3.71. The standard InChI is InChI=1S/C24H23FN4O2/c25-19-6-8-20(9-7-19)27-23-14-21(10-12-26-23)29-13-11-18(15-29)24(31)28-22(16-30)17-4-2-1-3-5-17/h1-14,18,22,30H,15-16H2,(H,26,27)(H,28,31). The van der Waals surface area contributed by atoms with Gasteiger partial charge in [-0.3, -0.25) is 4.79 Å². The highest BCUT2D eigenvalue weighted by Gasteiger charge is 2.26. The van der Waals surface area contributed by atoms with Gasteiger partial charge in [-0.05, 0) is 35.9 Å². The summed E-state index contributed by atoms with van der Waals surface area (Å²) in [4.78, 5) is 19.0. The maximum absolute atomic E-state index is 13.1. The van der Waals surface area contributed by atoms with Gasteiger partial charge in [-0.15, -0.1) is 0 Å². The zero-order valence-electron chi connectivity index (χ0n) is 16.8. The number of amides is 1. The molecule has 158 valence electrons. The lowest BCUT2D eigenvalue weighted by Crippen LogP contribution is -2.37. The van der Waals surface area contributed by atoms with Gasteiger partial charge in [0.05, 0.1) is 18.6 Å². The van der Waals surface area contributed by atoms with E-state index in [1.807, 2.05) is 59.6 Å². The largest absolute Gasteiger partial charge is 0.394 e. The van der Waals surface area contributed by atoms with Crippen LogP contribution in [0.25, 0.3) is 0 Å². The molecule has 1 aliphatic heterocycles. The summed E-state index contributed by atoms with van der Waals surface area (Å²) in [6.45, 7) is 0.317. The number of aliphatic hydroxyl groups is 1. The SMILES string of the molecule is O=C(NC(CO)c1ccccc1)C1C=CN(c2ccnc(Nc3ccc(F)cc3)c2)C1. The minimum atomic E-state index is -0.441. The van der Waals surface area contributed by atoms with Crippen molar-refractivity contribution in [3.63, 3.8) is 0 Å². The molecule has 6 nitrogen and oxygen atoms in total. The number of nitrogens with one attached hydrogen (secondary N) is 2. The van der Waals surface area contributed by atoms with E-state index in [0.29, 0.717) is 12.4 Å². The Balaban J connectivity index is 1.39. The Morgan fingerprint density at radius 2 is 1.94 bits per heavy atom. The lowest BCUT2D eigenvalue weighted by Gasteiger charge is -2.21. The zero-order chi connectivity index (χ0) is 21.6. The van der Waals surface area contributed by atoms with Crippen LogP contribution < -0.4 is 15.5 Å². The van der Waals surface area contributed by atoms with Crippen LogP contribution in [-0.4, -0.2) is 29.1 Å². The number of carbonyl (C=O) groups is 1. The molecule has 2 unspecified atom stereocenters. The van der Waals surface area contributed by atoms with Gasteiger partial charge in [-0.1, -0.05) is 36.4 Å². The van der Waals surface area contributed by atoms with E-state index in [1.165, 1.54) is 12.1 Å². The summed E-state index contributed by atoms with van der Waals surface area (Å²) in [5.74, 6) is -0.149. The minimum Gasteiger partial charge on any atom is -0.394 e. The summed E-state index contributed by atoms with van der Waals surface area (Å²) in [6.07, 6.45) is 5.40. The number of nitrogens with zero attached hydrogens (tertiary/aromatic N) is 2. The number of benzene rings is 2. The Morgan fingerprint density at radius 3 is 2.68 bits per heavy atom. The Bertz CT molecular complexity index is 1060. The molecule has 7 heteroatoms. The summed E-state index contributed by atoms with van der Waals surface area (Å²) in [5.41, 5.74) is 2.48. The second-order valence-electron chi connectivity index (χ2n) is 7.29. The highest BCUT2D eigenvalue weighted by molar-refractivity contribution is 5.83. The predicted octanol–water partition coefficient (Wildman–Crippen LogP) is 3.76. The fourth-order valence-electron chi connectivity index (χ4n) is 3.45. The molecule has 0 fully saturated rings. The molecule has 3 aromatic rings. The number of rotatable bonds is 7. The van der Waals surface area contributed by atoms with Crippen LogP contribution in [0.1, 0.15) is 11.6 Å². The molecule has 2 aromatic carbocycles. The van der Waals surface area contributed by atoms with E-state index in [4.69, 9.17) is 0 Å². The molecule has 1 aliphatic rings. The topological polar surface area (TPSA) is 77.5 Å². The first-order valence-corrected chi connectivity index (χ1v) is 10.0. The van der Waals surface area contributed by atoms with E-state index >= 15 is 0 Å². The molecule has 2 atom stereocenters. The number of aromatic nitrogens is 1. The molecular formula is C24H23FN4O2. The first-order chi connectivity index (χ1) is 15.1. The third-order valence-corrected chi connectivity index (χ3v) is 5.12. The van der Waals surface area contributed by atoms with Crippen molar-refractivity contribution in [2.45, 2.75) is 6.04 Å².